The molecule has 1 aromatic carbocycles. The average molecular weight is 303 g/mol. The molecule has 1 amide bonds. The second kappa shape index (κ2) is 7.22. The Morgan fingerprint density at radius 1 is 1.41 bits per heavy atom. The van der Waals surface area contributed by atoms with Crippen LogP contribution in [0.2, 0.25) is 0 Å². The van der Waals surface area contributed by atoms with Crippen molar-refractivity contribution in [1.29, 1.82) is 0 Å². The molecule has 5 nitrogen and oxygen atoms in total. The molecule has 22 heavy (non-hydrogen) atoms. The van der Waals surface area contributed by atoms with Crippen molar-refractivity contribution in [3.63, 3.8) is 0 Å². The normalized spacial score (nSPS) is 21.1. The Morgan fingerprint density at radius 3 is 2.82 bits per heavy atom. The largest absolute Gasteiger partial charge is 0.379 e. The summed E-state index contributed by atoms with van der Waals surface area (Å²) in [5.74, 6) is 0.313. The molecule has 120 valence electrons. The quantitative estimate of drug-likeness (QED) is 0.841. The number of aryl methyl sites for hydroxylation is 1. The smallest absolute Gasteiger partial charge is 0.225 e. The van der Waals surface area contributed by atoms with Crippen LogP contribution in [-0.4, -0.2) is 56.7 Å². The number of benzene rings is 1. The molecule has 2 saturated heterocycles. The van der Waals surface area contributed by atoms with Gasteiger partial charge in [-0.2, -0.15) is 0 Å². The summed E-state index contributed by atoms with van der Waals surface area (Å²) in [4.78, 5) is 14.5. The van der Waals surface area contributed by atoms with E-state index in [2.05, 4.69) is 46.7 Å². The fourth-order valence-corrected chi connectivity index (χ4v) is 3.04. The summed E-state index contributed by atoms with van der Waals surface area (Å²) >= 11 is 0. The first-order valence-corrected chi connectivity index (χ1v) is 8.11. The van der Waals surface area contributed by atoms with E-state index < -0.39 is 0 Å². The highest BCUT2D eigenvalue weighted by molar-refractivity contribution is 5.80. The zero-order chi connectivity index (χ0) is 15.4. The van der Waals surface area contributed by atoms with E-state index in [0.29, 0.717) is 6.54 Å². The SMILES string of the molecule is Cc1cccc(C(CNC(=O)C2CNC2)N2CCOCC2)c1. The number of carbonyl (C=O) groups is 1. The standard InChI is InChI=1S/C17H25N3O2/c1-13-3-2-4-14(9-13)16(20-5-7-22-8-6-20)12-19-17(21)15-10-18-11-15/h2-4,9,15-16,18H,5-8,10-12H2,1H3,(H,19,21). The van der Waals surface area contributed by atoms with Crippen molar-refractivity contribution in [2.75, 3.05) is 45.9 Å². The first-order chi connectivity index (χ1) is 10.7. The predicted octanol–water partition coefficient (Wildman–Crippen LogP) is 0.704. The Morgan fingerprint density at radius 2 is 2.18 bits per heavy atom. The molecule has 2 N–H and O–H groups in total. The highest BCUT2D eigenvalue weighted by Gasteiger charge is 2.27. The molecule has 1 atom stereocenters. The van der Waals surface area contributed by atoms with Crippen LogP contribution in [0.3, 0.4) is 0 Å². The zero-order valence-corrected chi connectivity index (χ0v) is 13.2. The topological polar surface area (TPSA) is 53.6 Å². The van der Waals surface area contributed by atoms with Gasteiger partial charge in [0.25, 0.3) is 0 Å². The highest BCUT2D eigenvalue weighted by atomic mass is 16.5. The van der Waals surface area contributed by atoms with Crippen molar-refractivity contribution >= 4 is 5.91 Å². The van der Waals surface area contributed by atoms with Gasteiger partial charge in [-0.3, -0.25) is 9.69 Å². The van der Waals surface area contributed by atoms with Crippen LogP contribution in [0.1, 0.15) is 17.2 Å². The van der Waals surface area contributed by atoms with E-state index in [-0.39, 0.29) is 17.9 Å². The Balaban J connectivity index is 1.68. The van der Waals surface area contributed by atoms with Gasteiger partial charge in [0.1, 0.15) is 0 Å². The second-order valence-corrected chi connectivity index (χ2v) is 6.18. The molecule has 2 aliphatic heterocycles. The number of hydrogen-bond acceptors (Lipinski definition) is 4. The average Bonchev–Trinajstić information content (AvgIpc) is 2.47. The lowest BCUT2D eigenvalue weighted by Crippen LogP contribution is -2.52. The van der Waals surface area contributed by atoms with E-state index in [0.717, 1.165) is 39.4 Å². The lowest BCUT2D eigenvalue weighted by Gasteiger charge is -2.35. The van der Waals surface area contributed by atoms with Gasteiger partial charge in [0, 0.05) is 32.7 Å². The highest BCUT2D eigenvalue weighted by Crippen LogP contribution is 2.22. The van der Waals surface area contributed by atoms with Crippen LogP contribution in [0.4, 0.5) is 0 Å². The van der Waals surface area contributed by atoms with Crippen molar-refractivity contribution < 1.29 is 9.53 Å². The van der Waals surface area contributed by atoms with E-state index in [4.69, 9.17) is 4.74 Å². The van der Waals surface area contributed by atoms with Crippen LogP contribution in [0.5, 0.6) is 0 Å². The van der Waals surface area contributed by atoms with E-state index in [9.17, 15) is 4.79 Å². The van der Waals surface area contributed by atoms with E-state index in [1.54, 1.807) is 0 Å². The second-order valence-electron chi connectivity index (χ2n) is 6.18. The summed E-state index contributed by atoms with van der Waals surface area (Å²) in [5.41, 5.74) is 2.53. The molecule has 1 aromatic rings. The van der Waals surface area contributed by atoms with Crippen molar-refractivity contribution in [3.8, 4) is 0 Å². The molecule has 0 bridgehead atoms. The van der Waals surface area contributed by atoms with Crippen molar-refractivity contribution in [1.82, 2.24) is 15.5 Å². The Labute approximate surface area is 132 Å². The zero-order valence-electron chi connectivity index (χ0n) is 13.2. The molecule has 3 rings (SSSR count). The lowest BCUT2D eigenvalue weighted by atomic mass is 10.0. The van der Waals surface area contributed by atoms with Crippen LogP contribution in [0.25, 0.3) is 0 Å². The maximum atomic E-state index is 12.1. The number of rotatable bonds is 5. The number of nitrogens with zero attached hydrogens (tertiary/aromatic N) is 1. The first kappa shape index (κ1) is 15.5. The fraction of sp³-hybridized carbons (Fsp3) is 0.588. The third-order valence-corrected chi connectivity index (χ3v) is 4.54. The van der Waals surface area contributed by atoms with E-state index in [1.807, 2.05) is 0 Å². The van der Waals surface area contributed by atoms with E-state index in [1.165, 1.54) is 11.1 Å². The summed E-state index contributed by atoms with van der Waals surface area (Å²) in [6.45, 7) is 7.75. The van der Waals surface area contributed by atoms with Gasteiger partial charge in [-0.25, -0.2) is 0 Å². The van der Waals surface area contributed by atoms with Gasteiger partial charge >= 0.3 is 0 Å². The summed E-state index contributed by atoms with van der Waals surface area (Å²) in [6, 6.07) is 8.80. The summed E-state index contributed by atoms with van der Waals surface area (Å²) in [7, 11) is 0. The molecule has 1 unspecified atom stereocenters. The number of morpholine rings is 1. The number of ether oxygens (including phenoxy) is 1. The van der Waals surface area contributed by atoms with Crippen LogP contribution in [-0.2, 0) is 9.53 Å². The fourth-order valence-electron chi connectivity index (χ4n) is 3.04. The summed E-state index contributed by atoms with van der Waals surface area (Å²) in [6.07, 6.45) is 0. The monoisotopic (exact) mass is 303 g/mol. The van der Waals surface area contributed by atoms with Crippen LogP contribution in [0, 0.1) is 12.8 Å². The van der Waals surface area contributed by atoms with Crippen molar-refractivity contribution in [2.24, 2.45) is 5.92 Å². The van der Waals surface area contributed by atoms with E-state index >= 15 is 0 Å². The summed E-state index contributed by atoms with van der Waals surface area (Å²) < 4.78 is 5.46. The predicted molar refractivity (Wildman–Crippen MR) is 85.7 cm³/mol. The Bertz CT molecular complexity index is 510. The van der Waals surface area contributed by atoms with Gasteiger partial charge in [0.2, 0.25) is 5.91 Å². The maximum absolute atomic E-state index is 12.1. The minimum atomic E-state index is 0.142. The van der Waals surface area contributed by atoms with Gasteiger partial charge in [0.05, 0.1) is 25.2 Å². The third kappa shape index (κ3) is 3.66. The van der Waals surface area contributed by atoms with Crippen LogP contribution >= 0.6 is 0 Å². The molecule has 2 fully saturated rings. The number of nitrogens with one attached hydrogen (secondary N) is 2. The molecule has 5 heteroatoms. The molecule has 0 saturated carbocycles. The third-order valence-electron chi connectivity index (χ3n) is 4.54. The number of hydrogen-bond donors (Lipinski definition) is 2. The molecular weight excluding hydrogens is 278 g/mol. The van der Waals surface area contributed by atoms with Gasteiger partial charge < -0.3 is 15.4 Å². The van der Waals surface area contributed by atoms with Gasteiger partial charge in [-0.05, 0) is 12.5 Å². The molecule has 2 aliphatic rings. The maximum Gasteiger partial charge on any atom is 0.225 e. The first-order valence-electron chi connectivity index (χ1n) is 8.11. The lowest BCUT2D eigenvalue weighted by molar-refractivity contribution is -0.126. The minimum Gasteiger partial charge on any atom is -0.379 e. The van der Waals surface area contributed by atoms with Crippen LogP contribution in [0.15, 0.2) is 24.3 Å². The Hall–Kier alpha value is -1.43. The molecule has 0 radical (unpaired) electrons. The van der Waals surface area contributed by atoms with Gasteiger partial charge in [-0.1, -0.05) is 29.8 Å². The minimum absolute atomic E-state index is 0.142. The Kier molecular flexibility index (Phi) is 5.08. The molecule has 0 spiro atoms. The van der Waals surface area contributed by atoms with Crippen molar-refractivity contribution in [3.05, 3.63) is 35.4 Å². The van der Waals surface area contributed by atoms with Crippen molar-refractivity contribution in [2.45, 2.75) is 13.0 Å². The molecule has 0 aromatic heterocycles. The molecule has 2 heterocycles. The molecular formula is C17H25N3O2. The summed E-state index contributed by atoms with van der Waals surface area (Å²) in [5, 5.41) is 6.28. The van der Waals surface area contributed by atoms with Gasteiger partial charge in [-0.15, -0.1) is 0 Å². The van der Waals surface area contributed by atoms with Gasteiger partial charge in [0.15, 0.2) is 0 Å². The van der Waals surface area contributed by atoms with Crippen LogP contribution < -0.4 is 10.6 Å². The number of amides is 1. The molecule has 0 aliphatic carbocycles. The number of carbonyl (C=O) groups excluding carboxylic acids is 1.